The minimum atomic E-state index is 0.617. The molecule has 1 saturated heterocycles. The molecule has 0 amide bonds. The molecule has 0 bridgehead atoms. The van der Waals surface area contributed by atoms with Gasteiger partial charge >= 0.3 is 0 Å². The van der Waals surface area contributed by atoms with Crippen molar-refractivity contribution in [3.05, 3.63) is 0 Å². The van der Waals surface area contributed by atoms with Crippen molar-refractivity contribution in [2.75, 3.05) is 33.2 Å². The van der Waals surface area contributed by atoms with Crippen LogP contribution in [0.25, 0.3) is 0 Å². The van der Waals surface area contributed by atoms with E-state index in [4.69, 9.17) is 0 Å². The average molecular weight is 224 g/mol. The highest BCUT2D eigenvalue weighted by atomic mass is 15.1. The predicted molar refractivity (Wildman–Crippen MR) is 69.7 cm³/mol. The van der Waals surface area contributed by atoms with E-state index in [1.807, 2.05) is 0 Å². The molecular formula is C14H28N2. The quantitative estimate of drug-likeness (QED) is 0.789. The standard InChI is InChI=1S/C14H28N2/c1-14(7-3-4-8-14)12-15-11-13-5-9-16(2)10-6-13/h13,15H,3-12H2,1-2H3. The van der Waals surface area contributed by atoms with E-state index in [1.165, 1.54) is 64.7 Å². The molecule has 2 heteroatoms. The SMILES string of the molecule is CN1CCC(CNCC2(C)CCCC2)CC1. The van der Waals surface area contributed by atoms with Gasteiger partial charge in [0.2, 0.25) is 0 Å². The molecule has 1 aliphatic heterocycles. The topological polar surface area (TPSA) is 15.3 Å². The van der Waals surface area contributed by atoms with Gasteiger partial charge in [-0.15, -0.1) is 0 Å². The van der Waals surface area contributed by atoms with Crippen molar-refractivity contribution in [2.45, 2.75) is 45.4 Å². The summed E-state index contributed by atoms with van der Waals surface area (Å²) in [5.74, 6) is 0.932. The van der Waals surface area contributed by atoms with Crippen molar-refractivity contribution < 1.29 is 0 Å². The van der Waals surface area contributed by atoms with Crippen molar-refractivity contribution in [3.63, 3.8) is 0 Å². The van der Waals surface area contributed by atoms with E-state index in [9.17, 15) is 0 Å². The second-order valence-corrected chi connectivity index (χ2v) is 6.40. The molecular weight excluding hydrogens is 196 g/mol. The molecule has 16 heavy (non-hydrogen) atoms. The monoisotopic (exact) mass is 224 g/mol. The van der Waals surface area contributed by atoms with Gasteiger partial charge in [0, 0.05) is 6.54 Å². The number of likely N-dealkylation sites (tertiary alicyclic amines) is 1. The van der Waals surface area contributed by atoms with Crippen LogP contribution in [0.1, 0.15) is 45.4 Å². The van der Waals surface area contributed by atoms with Gasteiger partial charge in [0.1, 0.15) is 0 Å². The summed E-state index contributed by atoms with van der Waals surface area (Å²) in [7, 11) is 2.24. The molecule has 1 aliphatic carbocycles. The molecule has 0 radical (unpaired) electrons. The fourth-order valence-corrected chi connectivity index (χ4v) is 3.25. The second-order valence-electron chi connectivity index (χ2n) is 6.40. The Hall–Kier alpha value is -0.0800. The molecule has 1 saturated carbocycles. The number of hydrogen-bond acceptors (Lipinski definition) is 2. The van der Waals surface area contributed by atoms with E-state index in [-0.39, 0.29) is 0 Å². The molecule has 2 rings (SSSR count). The van der Waals surface area contributed by atoms with Crippen LogP contribution in [0.2, 0.25) is 0 Å². The summed E-state index contributed by atoms with van der Waals surface area (Å²) in [6.07, 6.45) is 8.56. The molecule has 1 N–H and O–H groups in total. The highest BCUT2D eigenvalue weighted by Gasteiger charge is 2.28. The summed E-state index contributed by atoms with van der Waals surface area (Å²) >= 11 is 0. The summed E-state index contributed by atoms with van der Waals surface area (Å²) in [4.78, 5) is 2.45. The first-order chi connectivity index (χ1) is 7.68. The fourth-order valence-electron chi connectivity index (χ4n) is 3.25. The number of nitrogens with one attached hydrogen (secondary N) is 1. The van der Waals surface area contributed by atoms with Crippen LogP contribution in [0, 0.1) is 11.3 Å². The Labute approximate surface area is 101 Å². The Morgan fingerprint density at radius 2 is 1.81 bits per heavy atom. The zero-order chi connectivity index (χ0) is 11.4. The lowest BCUT2D eigenvalue weighted by Gasteiger charge is -2.30. The Kier molecular flexibility index (Phi) is 4.26. The summed E-state index contributed by atoms with van der Waals surface area (Å²) in [5, 5.41) is 3.73. The second kappa shape index (κ2) is 5.50. The van der Waals surface area contributed by atoms with Crippen LogP contribution in [-0.2, 0) is 0 Å². The van der Waals surface area contributed by atoms with E-state index >= 15 is 0 Å². The first kappa shape index (κ1) is 12.4. The van der Waals surface area contributed by atoms with E-state index in [0.29, 0.717) is 5.41 Å². The fraction of sp³-hybridized carbons (Fsp3) is 1.00. The maximum Gasteiger partial charge on any atom is 0.000528 e. The molecule has 0 aromatic rings. The lowest BCUT2D eigenvalue weighted by molar-refractivity contribution is 0.209. The van der Waals surface area contributed by atoms with Crippen LogP contribution >= 0.6 is 0 Å². The number of nitrogens with zero attached hydrogens (tertiary/aromatic N) is 1. The van der Waals surface area contributed by atoms with Gasteiger partial charge in [0.05, 0.1) is 0 Å². The largest absolute Gasteiger partial charge is 0.316 e. The first-order valence-electron chi connectivity index (χ1n) is 7.07. The molecule has 2 aliphatic rings. The number of piperidine rings is 1. The van der Waals surface area contributed by atoms with Crippen LogP contribution in [0.4, 0.5) is 0 Å². The molecule has 2 fully saturated rings. The van der Waals surface area contributed by atoms with Gasteiger partial charge in [-0.05, 0) is 63.7 Å². The van der Waals surface area contributed by atoms with Gasteiger partial charge in [-0.3, -0.25) is 0 Å². The van der Waals surface area contributed by atoms with Crippen LogP contribution < -0.4 is 5.32 Å². The summed E-state index contributed by atoms with van der Waals surface area (Å²) in [5.41, 5.74) is 0.617. The molecule has 0 spiro atoms. The number of hydrogen-bond donors (Lipinski definition) is 1. The van der Waals surface area contributed by atoms with Crippen molar-refractivity contribution in [2.24, 2.45) is 11.3 Å². The summed E-state index contributed by atoms with van der Waals surface area (Å²) < 4.78 is 0. The lowest BCUT2D eigenvalue weighted by Crippen LogP contribution is -2.37. The van der Waals surface area contributed by atoms with Crippen LogP contribution in [-0.4, -0.2) is 38.1 Å². The molecule has 94 valence electrons. The van der Waals surface area contributed by atoms with Gasteiger partial charge in [0.25, 0.3) is 0 Å². The zero-order valence-electron chi connectivity index (χ0n) is 11.1. The highest BCUT2D eigenvalue weighted by molar-refractivity contribution is 4.83. The van der Waals surface area contributed by atoms with Gasteiger partial charge in [-0.2, -0.15) is 0 Å². The molecule has 0 aromatic heterocycles. The Balaban J connectivity index is 1.61. The third-order valence-corrected chi connectivity index (χ3v) is 4.63. The lowest BCUT2D eigenvalue weighted by atomic mass is 9.88. The van der Waals surface area contributed by atoms with Gasteiger partial charge in [-0.25, -0.2) is 0 Å². The van der Waals surface area contributed by atoms with Crippen molar-refractivity contribution in [1.82, 2.24) is 10.2 Å². The Bertz CT molecular complexity index is 201. The molecule has 1 heterocycles. The predicted octanol–water partition coefficient (Wildman–Crippen LogP) is 2.50. The third-order valence-electron chi connectivity index (χ3n) is 4.63. The molecule has 0 aromatic carbocycles. The summed E-state index contributed by atoms with van der Waals surface area (Å²) in [6, 6.07) is 0. The van der Waals surface area contributed by atoms with Gasteiger partial charge in [0.15, 0.2) is 0 Å². The Morgan fingerprint density at radius 1 is 1.19 bits per heavy atom. The summed E-state index contributed by atoms with van der Waals surface area (Å²) in [6.45, 7) is 7.55. The Morgan fingerprint density at radius 3 is 2.44 bits per heavy atom. The molecule has 0 unspecified atom stereocenters. The van der Waals surface area contributed by atoms with Crippen molar-refractivity contribution in [1.29, 1.82) is 0 Å². The highest BCUT2D eigenvalue weighted by Crippen LogP contribution is 2.36. The van der Waals surface area contributed by atoms with Gasteiger partial charge < -0.3 is 10.2 Å². The van der Waals surface area contributed by atoms with Crippen LogP contribution in [0.3, 0.4) is 0 Å². The van der Waals surface area contributed by atoms with Crippen LogP contribution in [0.5, 0.6) is 0 Å². The zero-order valence-corrected chi connectivity index (χ0v) is 11.1. The normalized spacial score (nSPS) is 27.4. The number of rotatable bonds is 4. The van der Waals surface area contributed by atoms with E-state index < -0.39 is 0 Å². The maximum atomic E-state index is 3.73. The van der Waals surface area contributed by atoms with Crippen molar-refractivity contribution in [3.8, 4) is 0 Å². The minimum Gasteiger partial charge on any atom is -0.316 e. The van der Waals surface area contributed by atoms with Crippen molar-refractivity contribution >= 4 is 0 Å². The third kappa shape index (κ3) is 3.46. The molecule has 0 atom stereocenters. The van der Waals surface area contributed by atoms with E-state index in [2.05, 4.69) is 24.2 Å². The van der Waals surface area contributed by atoms with Crippen LogP contribution in [0.15, 0.2) is 0 Å². The van der Waals surface area contributed by atoms with Gasteiger partial charge in [-0.1, -0.05) is 19.8 Å². The maximum absolute atomic E-state index is 3.73. The molecule has 2 nitrogen and oxygen atoms in total. The minimum absolute atomic E-state index is 0.617. The van der Waals surface area contributed by atoms with E-state index in [0.717, 1.165) is 5.92 Å². The first-order valence-corrected chi connectivity index (χ1v) is 7.07. The van der Waals surface area contributed by atoms with E-state index in [1.54, 1.807) is 0 Å². The smallest absolute Gasteiger partial charge is 0.000528 e. The average Bonchev–Trinajstić information content (AvgIpc) is 2.69.